The summed E-state index contributed by atoms with van der Waals surface area (Å²) >= 11 is 7.35. The lowest BCUT2D eigenvalue weighted by Gasteiger charge is -2.15. The Balaban J connectivity index is 1.49. The van der Waals surface area contributed by atoms with Crippen LogP contribution in [-0.4, -0.2) is 35.4 Å². The Morgan fingerprint density at radius 1 is 1.19 bits per heavy atom. The summed E-state index contributed by atoms with van der Waals surface area (Å²) in [7, 11) is 1.66. The van der Waals surface area contributed by atoms with Gasteiger partial charge in [0.1, 0.15) is 5.01 Å². The van der Waals surface area contributed by atoms with Crippen LogP contribution in [-0.2, 0) is 20.9 Å². The number of likely N-dealkylation sites (N-methyl/N-ethyl adjacent to an activating group) is 1. The Kier molecular flexibility index (Phi) is 6.21. The van der Waals surface area contributed by atoms with Gasteiger partial charge in [0.15, 0.2) is 6.61 Å². The van der Waals surface area contributed by atoms with E-state index in [1.54, 1.807) is 48.7 Å². The number of para-hydroxylation sites is 1. The first kappa shape index (κ1) is 19.1. The molecule has 0 atom stereocenters. The van der Waals surface area contributed by atoms with Crippen LogP contribution in [0.5, 0.6) is 0 Å². The number of hydrogen-bond donors (Lipinski definition) is 0. The lowest BCUT2D eigenvalue weighted by atomic mass is 10.2. The minimum Gasteiger partial charge on any atom is -0.452 e. The number of ether oxygens (including phenoxy) is 1. The van der Waals surface area contributed by atoms with Gasteiger partial charge in [0, 0.05) is 18.1 Å². The van der Waals surface area contributed by atoms with E-state index < -0.39 is 5.97 Å². The minimum absolute atomic E-state index is 0.289. The molecule has 0 aliphatic carbocycles. The van der Waals surface area contributed by atoms with Crippen molar-refractivity contribution in [2.24, 2.45) is 0 Å². The first-order valence-electron chi connectivity index (χ1n) is 8.20. The van der Waals surface area contributed by atoms with Crippen LogP contribution in [0.3, 0.4) is 0 Å². The molecule has 0 unspecified atom stereocenters. The normalized spacial score (nSPS) is 11.0. The third kappa shape index (κ3) is 5.39. The largest absolute Gasteiger partial charge is 0.452 e. The summed E-state index contributed by atoms with van der Waals surface area (Å²) in [4.78, 5) is 29.9. The molecule has 5 nitrogen and oxygen atoms in total. The summed E-state index contributed by atoms with van der Waals surface area (Å²) < 4.78 is 6.08. The number of amides is 1. The predicted octanol–water partition coefficient (Wildman–Crippen LogP) is 4.16. The van der Waals surface area contributed by atoms with E-state index in [1.807, 2.05) is 24.3 Å². The van der Waals surface area contributed by atoms with Crippen molar-refractivity contribution in [2.45, 2.75) is 6.54 Å². The maximum atomic E-state index is 12.2. The molecule has 0 fully saturated rings. The number of halogens is 1. The molecule has 0 N–H and O–H groups in total. The Labute approximate surface area is 165 Å². The highest BCUT2D eigenvalue weighted by Gasteiger charge is 2.13. The van der Waals surface area contributed by atoms with Gasteiger partial charge in [0.05, 0.1) is 16.8 Å². The van der Waals surface area contributed by atoms with Crippen molar-refractivity contribution in [2.75, 3.05) is 13.7 Å². The minimum atomic E-state index is -0.577. The molecule has 0 aliphatic rings. The molecule has 27 heavy (non-hydrogen) atoms. The average Bonchev–Trinajstić information content (AvgIpc) is 3.07. The SMILES string of the molecule is CN(Cc1nc2ccccc2s1)C(=O)COC(=O)/C=C/c1ccc(Cl)cc1. The lowest BCUT2D eigenvalue weighted by molar-refractivity contribution is -0.147. The van der Waals surface area contributed by atoms with Crippen LogP contribution in [0.25, 0.3) is 16.3 Å². The smallest absolute Gasteiger partial charge is 0.331 e. The van der Waals surface area contributed by atoms with Crippen molar-refractivity contribution in [3.05, 3.63) is 70.2 Å². The molecule has 0 spiro atoms. The summed E-state index contributed by atoms with van der Waals surface area (Å²) in [6.07, 6.45) is 2.89. The molecule has 1 aromatic heterocycles. The fraction of sp³-hybridized carbons (Fsp3) is 0.150. The molecule has 3 aromatic rings. The Hall–Kier alpha value is -2.70. The molecule has 2 aromatic carbocycles. The van der Waals surface area contributed by atoms with Crippen molar-refractivity contribution in [1.29, 1.82) is 0 Å². The second kappa shape index (κ2) is 8.79. The molecular weight excluding hydrogens is 384 g/mol. The summed E-state index contributed by atoms with van der Waals surface area (Å²) in [6.45, 7) is 0.0571. The maximum absolute atomic E-state index is 12.2. The van der Waals surface area contributed by atoms with Crippen molar-refractivity contribution >= 4 is 51.1 Å². The van der Waals surface area contributed by atoms with E-state index in [4.69, 9.17) is 16.3 Å². The van der Waals surface area contributed by atoms with Gasteiger partial charge in [-0.15, -0.1) is 11.3 Å². The molecular formula is C20H17ClN2O3S. The van der Waals surface area contributed by atoms with Crippen LogP contribution in [0.1, 0.15) is 10.6 Å². The second-order valence-electron chi connectivity index (χ2n) is 5.82. The molecule has 1 amide bonds. The zero-order chi connectivity index (χ0) is 19.2. The first-order valence-corrected chi connectivity index (χ1v) is 9.39. The van der Waals surface area contributed by atoms with E-state index in [-0.39, 0.29) is 12.5 Å². The number of rotatable bonds is 6. The number of carbonyl (C=O) groups excluding carboxylic acids is 2. The van der Waals surface area contributed by atoms with Gasteiger partial charge in [-0.05, 0) is 35.9 Å². The molecule has 3 rings (SSSR count). The molecule has 138 valence electrons. The number of esters is 1. The van der Waals surface area contributed by atoms with Crippen LogP contribution in [0.4, 0.5) is 0 Å². The van der Waals surface area contributed by atoms with Gasteiger partial charge in [-0.25, -0.2) is 9.78 Å². The van der Waals surface area contributed by atoms with Crippen molar-refractivity contribution in [3.63, 3.8) is 0 Å². The quantitative estimate of drug-likeness (QED) is 0.460. The molecule has 0 radical (unpaired) electrons. The van der Waals surface area contributed by atoms with E-state index in [9.17, 15) is 9.59 Å². The van der Waals surface area contributed by atoms with E-state index in [1.165, 1.54) is 11.0 Å². The van der Waals surface area contributed by atoms with E-state index in [0.717, 1.165) is 20.8 Å². The van der Waals surface area contributed by atoms with Crippen LogP contribution in [0, 0.1) is 0 Å². The number of fused-ring (bicyclic) bond motifs is 1. The van der Waals surface area contributed by atoms with Gasteiger partial charge in [-0.1, -0.05) is 35.9 Å². The van der Waals surface area contributed by atoms with Crippen LogP contribution in [0.15, 0.2) is 54.6 Å². The number of benzene rings is 2. The van der Waals surface area contributed by atoms with Gasteiger partial charge in [0.25, 0.3) is 5.91 Å². The van der Waals surface area contributed by atoms with Crippen LogP contribution >= 0.6 is 22.9 Å². The van der Waals surface area contributed by atoms with E-state index in [2.05, 4.69) is 4.98 Å². The van der Waals surface area contributed by atoms with E-state index >= 15 is 0 Å². The van der Waals surface area contributed by atoms with Crippen LogP contribution < -0.4 is 0 Å². The van der Waals surface area contributed by atoms with Crippen molar-refractivity contribution < 1.29 is 14.3 Å². The Morgan fingerprint density at radius 3 is 2.67 bits per heavy atom. The number of aromatic nitrogens is 1. The second-order valence-corrected chi connectivity index (χ2v) is 7.37. The highest BCUT2D eigenvalue weighted by molar-refractivity contribution is 7.18. The third-order valence-electron chi connectivity index (χ3n) is 3.76. The van der Waals surface area contributed by atoms with Crippen LogP contribution in [0.2, 0.25) is 5.02 Å². The van der Waals surface area contributed by atoms with Crippen molar-refractivity contribution in [3.8, 4) is 0 Å². The molecule has 0 aliphatic heterocycles. The van der Waals surface area contributed by atoms with E-state index in [0.29, 0.717) is 11.6 Å². The van der Waals surface area contributed by atoms with Gasteiger partial charge >= 0.3 is 5.97 Å². The Morgan fingerprint density at radius 2 is 1.93 bits per heavy atom. The summed E-state index contributed by atoms with van der Waals surface area (Å²) in [5.41, 5.74) is 1.73. The number of hydrogen-bond acceptors (Lipinski definition) is 5. The average molecular weight is 401 g/mol. The van der Waals surface area contributed by atoms with Gasteiger partial charge in [0.2, 0.25) is 0 Å². The molecule has 0 saturated heterocycles. The Bertz CT molecular complexity index is 949. The van der Waals surface area contributed by atoms with Gasteiger partial charge in [-0.3, -0.25) is 4.79 Å². The highest BCUT2D eigenvalue weighted by Crippen LogP contribution is 2.22. The summed E-state index contributed by atoms with van der Waals surface area (Å²) in [6, 6.07) is 14.8. The number of nitrogens with zero attached hydrogens (tertiary/aromatic N) is 2. The standard InChI is InChI=1S/C20H17ClN2O3S/c1-23(12-18-22-16-4-2-3-5-17(16)27-18)19(24)13-26-20(25)11-8-14-6-9-15(21)10-7-14/h2-11H,12-13H2,1H3/b11-8+. The zero-order valence-corrected chi connectivity index (χ0v) is 16.2. The number of thiazole rings is 1. The van der Waals surface area contributed by atoms with Gasteiger partial charge in [-0.2, -0.15) is 0 Å². The predicted molar refractivity (Wildman–Crippen MR) is 108 cm³/mol. The van der Waals surface area contributed by atoms with Gasteiger partial charge < -0.3 is 9.64 Å². The zero-order valence-electron chi connectivity index (χ0n) is 14.6. The summed E-state index contributed by atoms with van der Waals surface area (Å²) in [5, 5.41) is 1.46. The monoisotopic (exact) mass is 400 g/mol. The van der Waals surface area contributed by atoms with Crippen molar-refractivity contribution in [1.82, 2.24) is 9.88 Å². The first-order chi connectivity index (χ1) is 13.0. The number of carbonyl (C=O) groups is 2. The topological polar surface area (TPSA) is 59.5 Å². The lowest BCUT2D eigenvalue weighted by Crippen LogP contribution is -2.30. The fourth-order valence-corrected chi connectivity index (χ4v) is 3.45. The fourth-order valence-electron chi connectivity index (χ4n) is 2.31. The molecule has 7 heteroatoms. The highest BCUT2D eigenvalue weighted by atomic mass is 35.5. The molecule has 1 heterocycles. The maximum Gasteiger partial charge on any atom is 0.331 e. The molecule has 0 bridgehead atoms. The molecule has 0 saturated carbocycles. The third-order valence-corrected chi connectivity index (χ3v) is 5.03. The summed E-state index contributed by atoms with van der Waals surface area (Å²) in [5.74, 6) is -0.866.